The van der Waals surface area contributed by atoms with E-state index in [1.165, 1.54) is 0 Å². The van der Waals surface area contributed by atoms with Crippen LogP contribution in [0.3, 0.4) is 0 Å². The third kappa shape index (κ3) is 3.23. The maximum atomic E-state index is 11.5. The number of nitrogens with zero attached hydrogens (tertiary/aromatic N) is 1. The van der Waals surface area contributed by atoms with Crippen LogP contribution in [0, 0.1) is 5.92 Å². The van der Waals surface area contributed by atoms with E-state index in [1.807, 2.05) is 6.07 Å². The Morgan fingerprint density at radius 1 is 1.60 bits per heavy atom. The van der Waals surface area contributed by atoms with Gasteiger partial charge in [-0.25, -0.2) is 0 Å². The molecule has 1 aromatic heterocycles. The van der Waals surface area contributed by atoms with Gasteiger partial charge >= 0.3 is 0 Å². The maximum Gasteiger partial charge on any atom is 0.229 e. The third-order valence-electron chi connectivity index (χ3n) is 2.15. The van der Waals surface area contributed by atoms with E-state index in [0.29, 0.717) is 17.6 Å². The smallest absolute Gasteiger partial charge is 0.229 e. The first-order chi connectivity index (χ1) is 7.04. The van der Waals surface area contributed by atoms with E-state index in [0.717, 1.165) is 5.69 Å². The molecular weight excluding hydrogens is 214 g/mol. The highest BCUT2D eigenvalue weighted by Gasteiger charge is 2.13. The first-order valence-corrected chi connectivity index (χ1v) is 5.50. The monoisotopic (exact) mass is 229 g/mol. The molecule has 84 valence electrons. The van der Waals surface area contributed by atoms with E-state index in [4.69, 9.17) is 11.6 Å². The van der Waals surface area contributed by atoms with Crippen molar-refractivity contribution in [1.82, 2.24) is 10.2 Å². The van der Waals surface area contributed by atoms with E-state index in [1.54, 1.807) is 6.92 Å². The van der Waals surface area contributed by atoms with Crippen LogP contribution in [0.1, 0.15) is 32.4 Å². The summed E-state index contributed by atoms with van der Waals surface area (Å²) in [5, 5.41) is 9.57. The molecule has 0 aliphatic rings. The second-order valence-corrected chi connectivity index (χ2v) is 4.22. The molecule has 5 heteroatoms. The van der Waals surface area contributed by atoms with Crippen LogP contribution in [0.5, 0.6) is 0 Å². The van der Waals surface area contributed by atoms with Crippen LogP contribution < -0.4 is 5.32 Å². The predicted octanol–water partition coefficient (Wildman–Crippen LogP) is 2.35. The zero-order chi connectivity index (χ0) is 11.4. The number of H-pyrrole nitrogens is 1. The molecule has 1 amide bonds. The van der Waals surface area contributed by atoms with Gasteiger partial charge in [0.2, 0.25) is 5.91 Å². The fraction of sp³-hybridized carbons (Fsp3) is 0.600. The van der Waals surface area contributed by atoms with Gasteiger partial charge in [-0.3, -0.25) is 9.89 Å². The first kappa shape index (κ1) is 12.0. The topological polar surface area (TPSA) is 57.8 Å². The molecule has 1 unspecified atom stereocenters. The van der Waals surface area contributed by atoms with E-state index < -0.39 is 0 Å². The van der Waals surface area contributed by atoms with Gasteiger partial charge in [-0.15, -0.1) is 11.6 Å². The normalized spacial score (nSPS) is 12.9. The summed E-state index contributed by atoms with van der Waals surface area (Å²) in [6.07, 6.45) is 0. The number of anilines is 1. The van der Waals surface area contributed by atoms with Gasteiger partial charge in [0, 0.05) is 23.6 Å². The molecule has 0 saturated carbocycles. The molecule has 0 radical (unpaired) electrons. The molecule has 0 saturated heterocycles. The molecule has 0 aromatic carbocycles. The SMILES string of the molecule is CC(CCl)C(=O)Nc1cc(C(C)C)[nH]n1. The molecule has 0 bridgehead atoms. The minimum Gasteiger partial charge on any atom is -0.309 e. The largest absolute Gasteiger partial charge is 0.309 e. The fourth-order valence-electron chi connectivity index (χ4n) is 1.02. The number of hydrogen-bond acceptors (Lipinski definition) is 2. The summed E-state index contributed by atoms with van der Waals surface area (Å²) in [5.74, 6) is 0.930. The Balaban J connectivity index is 2.61. The Hall–Kier alpha value is -1.03. The summed E-state index contributed by atoms with van der Waals surface area (Å²) in [4.78, 5) is 11.5. The van der Waals surface area contributed by atoms with E-state index in [9.17, 15) is 4.79 Å². The average molecular weight is 230 g/mol. The summed E-state index contributed by atoms with van der Waals surface area (Å²) in [6, 6.07) is 1.84. The van der Waals surface area contributed by atoms with Crippen molar-refractivity contribution in [3.63, 3.8) is 0 Å². The van der Waals surface area contributed by atoms with Crippen molar-refractivity contribution in [2.75, 3.05) is 11.2 Å². The highest BCUT2D eigenvalue weighted by molar-refractivity contribution is 6.19. The molecular formula is C10H16ClN3O. The second kappa shape index (κ2) is 5.16. The summed E-state index contributed by atoms with van der Waals surface area (Å²) in [7, 11) is 0. The lowest BCUT2D eigenvalue weighted by Crippen LogP contribution is -2.21. The number of aromatic nitrogens is 2. The molecule has 2 N–H and O–H groups in total. The zero-order valence-electron chi connectivity index (χ0n) is 9.17. The third-order valence-corrected chi connectivity index (χ3v) is 2.61. The molecule has 0 aliphatic carbocycles. The van der Waals surface area contributed by atoms with E-state index in [2.05, 4.69) is 29.4 Å². The number of rotatable bonds is 4. The van der Waals surface area contributed by atoms with Crippen LogP contribution in [-0.4, -0.2) is 22.0 Å². The van der Waals surface area contributed by atoms with Crippen LogP contribution in [0.2, 0.25) is 0 Å². The van der Waals surface area contributed by atoms with Gasteiger partial charge in [-0.2, -0.15) is 5.10 Å². The Kier molecular flexibility index (Phi) is 4.15. The fourth-order valence-corrected chi connectivity index (χ4v) is 1.16. The van der Waals surface area contributed by atoms with Gasteiger partial charge in [0.1, 0.15) is 0 Å². The van der Waals surface area contributed by atoms with Crippen molar-refractivity contribution in [3.05, 3.63) is 11.8 Å². The highest BCUT2D eigenvalue weighted by Crippen LogP contribution is 2.15. The lowest BCUT2D eigenvalue weighted by Gasteiger charge is -2.05. The van der Waals surface area contributed by atoms with Gasteiger partial charge < -0.3 is 5.32 Å². The van der Waals surface area contributed by atoms with Crippen LogP contribution in [0.15, 0.2) is 6.07 Å². The van der Waals surface area contributed by atoms with Gasteiger partial charge in [-0.1, -0.05) is 20.8 Å². The Labute approximate surface area is 94.4 Å². The molecule has 1 heterocycles. The van der Waals surface area contributed by atoms with Crippen LogP contribution in [0.25, 0.3) is 0 Å². The van der Waals surface area contributed by atoms with Crippen LogP contribution >= 0.6 is 11.6 Å². The molecule has 4 nitrogen and oxygen atoms in total. The number of amides is 1. The second-order valence-electron chi connectivity index (χ2n) is 3.91. The summed E-state index contributed by atoms with van der Waals surface area (Å²) < 4.78 is 0. The lowest BCUT2D eigenvalue weighted by atomic mass is 10.1. The van der Waals surface area contributed by atoms with Crippen molar-refractivity contribution in [2.45, 2.75) is 26.7 Å². The molecule has 0 spiro atoms. The minimum absolute atomic E-state index is 0.105. The maximum absolute atomic E-state index is 11.5. The van der Waals surface area contributed by atoms with Gasteiger partial charge in [0.05, 0.1) is 0 Å². The van der Waals surface area contributed by atoms with Crippen molar-refractivity contribution in [2.24, 2.45) is 5.92 Å². The van der Waals surface area contributed by atoms with Gasteiger partial charge in [0.15, 0.2) is 5.82 Å². The first-order valence-electron chi connectivity index (χ1n) is 4.96. The quantitative estimate of drug-likeness (QED) is 0.779. The minimum atomic E-state index is -0.203. The molecule has 1 rings (SSSR count). The van der Waals surface area contributed by atoms with Gasteiger partial charge in [-0.05, 0) is 5.92 Å². The van der Waals surface area contributed by atoms with Crippen molar-refractivity contribution in [3.8, 4) is 0 Å². The van der Waals surface area contributed by atoms with E-state index in [-0.39, 0.29) is 11.8 Å². The molecule has 15 heavy (non-hydrogen) atoms. The van der Waals surface area contributed by atoms with Crippen molar-refractivity contribution in [1.29, 1.82) is 0 Å². The Bertz CT molecular complexity index is 335. The molecule has 1 atom stereocenters. The summed E-state index contributed by atoms with van der Waals surface area (Å²) in [6.45, 7) is 5.89. The number of carbonyl (C=O) groups excluding carboxylic acids is 1. The molecule has 1 aromatic rings. The molecule has 0 fully saturated rings. The standard InChI is InChI=1S/C10H16ClN3O/c1-6(2)8-4-9(14-13-8)12-10(15)7(3)5-11/h4,6-7H,5H2,1-3H3,(H2,12,13,14,15). The van der Waals surface area contributed by atoms with Crippen molar-refractivity contribution < 1.29 is 4.79 Å². The number of aromatic amines is 1. The number of halogens is 1. The number of nitrogens with one attached hydrogen (secondary N) is 2. The summed E-state index contributed by atoms with van der Waals surface area (Å²) in [5.41, 5.74) is 1.00. The highest BCUT2D eigenvalue weighted by atomic mass is 35.5. The number of hydrogen-bond donors (Lipinski definition) is 2. The van der Waals surface area contributed by atoms with Crippen LogP contribution in [0.4, 0.5) is 5.82 Å². The lowest BCUT2D eigenvalue weighted by molar-refractivity contribution is -0.118. The van der Waals surface area contributed by atoms with E-state index >= 15 is 0 Å². The average Bonchev–Trinajstić information content (AvgIpc) is 2.65. The van der Waals surface area contributed by atoms with Crippen molar-refractivity contribution >= 4 is 23.3 Å². The number of alkyl halides is 1. The number of carbonyl (C=O) groups is 1. The predicted molar refractivity (Wildman–Crippen MR) is 61.2 cm³/mol. The Morgan fingerprint density at radius 3 is 2.73 bits per heavy atom. The Morgan fingerprint density at radius 2 is 2.27 bits per heavy atom. The zero-order valence-corrected chi connectivity index (χ0v) is 9.93. The summed E-state index contributed by atoms with van der Waals surface area (Å²) >= 11 is 5.58. The molecule has 0 aliphatic heterocycles. The van der Waals surface area contributed by atoms with Gasteiger partial charge in [0.25, 0.3) is 0 Å². The van der Waals surface area contributed by atoms with Crippen LogP contribution in [-0.2, 0) is 4.79 Å².